The Balaban J connectivity index is 0.000000229. The average molecular weight is 1880 g/mol. The van der Waals surface area contributed by atoms with Gasteiger partial charge < -0.3 is 58.8 Å². The molecule has 0 atom stereocenters. The van der Waals surface area contributed by atoms with Crippen molar-refractivity contribution in [2.75, 3.05) is 168 Å². The number of hydrogen-bond acceptors (Lipinski definition) is 24. The van der Waals surface area contributed by atoms with Crippen LogP contribution < -0.4 is 45.3 Å². The van der Waals surface area contributed by atoms with Crippen LogP contribution in [0.3, 0.4) is 0 Å². The zero-order chi connectivity index (χ0) is 98.4. The van der Waals surface area contributed by atoms with E-state index in [4.69, 9.17) is 29.9 Å². The van der Waals surface area contributed by atoms with Crippen LogP contribution in [0.4, 0.5) is 35.7 Å². The summed E-state index contributed by atoms with van der Waals surface area (Å²) in [6.45, 7) is 62.0. The number of aromatic nitrogens is 6. The number of rotatable bonds is 30. The van der Waals surface area contributed by atoms with Crippen LogP contribution in [0.2, 0.25) is 0 Å². The summed E-state index contributed by atoms with van der Waals surface area (Å²) in [5, 5.41) is 10.8. The van der Waals surface area contributed by atoms with Crippen LogP contribution in [0.15, 0.2) is 0 Å². The molecule has 30 nitrogen and oxygen atoms in total. The molecule has 12 aliphatic rings. The molecule has 0 unspecified atom stereocenters. The van der Waals surface area contributed by atoms with Crippen LogP contribution in [-0.4, -0.2) is 351 Å². The molecule has 0 aromatic carbocycles. The quantitative estimate of drug-likeness (QED) is 0.0656. The number of hydrogen-bond donors (Lipinski definition) is 3. The summed E-state index contributed by atoms with van der Waals surface area (Å²) in [7, 11) is 6.24. The van der Waals surface area contributed by atoms with Crippen molar-refractivity contribution in [1.29, 1.82) is 0 Å². The summed E-state index contributed by atoms with van der Waals surface area (Å²) in [5.74, 6) is 4.98. The van der Waals surface area contributed by atoms with Gasteiger partial charge in [-0.2, -0.15) is 29.9 Å². The number of piperazine rings is 6. The van der Waals surface area contributed by atoms with Gasteiger partial charge in [-0.05, 0) is 264 Å². The topological polar surface area (TPSA) is 264 Å². The first kappa shape index (κ1) is 106. The Morgan fingerprint density at radius 1 is 0.230 bits per heavy atom. The third-order valence-electron chi connectivity index (χ3n) is 34.1. The maximum atomic E-state index is 14.3. The van der Waals surface area contributed by atoms with Gasteiger partial charge in [-0.15, -0.1) is 0 Å². The molecule has 135 heavy (non-hydrogen) atoms. The van der Waals surface area contributed by atoms with E-state index < -0.39 is 33.2 Å². The van der Waals surface area contributed by atoms with Gasteiger partial charge in [-0.25, -0.2) is 0 Å². The standard InChI is InChI=1S/C54H96N12O3.C51H90N12O3/c1-49(2)37-61(43(67)52(7,8)58(49)13)31-34-64(40-25-19-16-20-26-40)46-55-47(65(41-27-21-17-22-28-41)35-32-62-38-50(3,4)59(14)53(9,10)44(62)68)57-48(56-46)66(42-29-23-18-24-30-42)36-33-63-39-51(5,6)60(15)54(11,12)45(63)69;1-46(2)34-58(40(64)49(7,8)55-46)28-31-61(37-22-16-13-17-23-37)43-52-44(62(38-24-18-14-19-25-38)32-29-59-35-47(3,4)56-50(9,10)41(59)65)54-45(53-43)63(39-26-20-15-21-27-39)33-30-60-36-48(5,6)57-51(11,12)42(60)66/h40-42H,16-39H2,1-15H3;37-39,55-57H,13-36H2,1-12H3. The van der Waals surface area contributed by atoms with Gasteiger partial charge in [0.1, 0.15) is 0 Å². The normalized spacial score (nSPS) is 26.0. The maximum Gasteiger partial charge on any atom is 0.242 e. The van der Waals surface area contributed by atoms with Crippen LogP contribution >= 0.6 is 0 Å². The molecule has 6 saturated carbocycles. The lowest BCUT2D eigenvalue weighted by Crippen LogP contribution is -2.70. The molecular formula is C105H186N24O6. The van der Waals surface area contributed by atoms with Gasteiger partial charge in [0.15, 0.2) is 0 Å². The number of carbonyl (C=O) groups is 6. The summed E-state index contributed by atoms with van der Waals surface area (Å²) >= 11 is 0. The smallest absolute Gasteiger partial charge is 0.242 e. The van der Waals surface area contributed by atoms with Gasteiger partial charge in [-0.3, -0.25) is 59.4 Å². The Morgan fingerprint density at radius 2 is 0.378 bits per heavy atom. The van der Waals surface area contributed by atoms with Crippen molar-refractivity contribution in [2.24, 2.45) is 0 Å². The Labute approximate surface area is 815 Å². The minimum atomic E-state index is -0.668. The van der Waals surface area contributed by atoms with Crippen LogP contribution in [0.1, 0.15) is 359 Å². The first-order valence-electron chi connectivity index (χ1n) is 53.5. The van der Waals surface area contributed by atoms with E-state index in [1.54, 1.807) is 0 Å². The molecule has 0 radical (unpaired) electrons. The third-order valence-corrected chi connectivity index (χ3v) is 34.1. The lowest BCUT2D eigenvalue weighted by atomic mass is 9.87. The van der Waals surface area contributed by atoms with Gasteiger partial charge in [0.05, 0.1) is 33.2 Å². The van der Waals surface area contributed by atoms with Gasteiger partial charge in [0.2, 0.25) is 71.1 Å². The maximum absolute atomic E-state index is 14.3. The van der Waals surface area contributed by atoms with Crippen LogP contribution in [0.25, 0.3) is 0 Å². The van der Waals surface area contributed by atoms with E-state index in [2.05, 4.69) is 235 Å². The number of amides is 6. The Hall–Kier alpha value is -6.60. The van der Waals surface area contributed by atoms with E-state index in [0.29, 0.717) is 153 Å². The molecule has 3 N–H and O–H groups in total. The van der Waals surface area contributed by atoms with E-state index >= 15 is 0 Å². The van der Waals surface area contributed by atoms with Crippen LogP contribution in [0.5, 0.6) is 0 Å². The summed E-state index contributed by atoms with van der Waals surface area (Å²) in [4.78, 5) is 153. The molecule has 6 aliphatic carbocycles. The van der Waals surface area contributed by atoms with E-state index in [-0.39, 0.29) is 105 Å². The number of nitrogens with one attached hydrogen (secondary N) is 3. The van der Waals surface area contributed by atoms with Crippen molar-refractivity contribution in [3.05, 3.63) is 0 Å². The minimum Gasteiger partial charge on any atom is -0.338 e. The highest BCUT2D eigenvalue weighted by Gasteiger charge is 2.54. The molecule has 6 amide bonds. The fraction of sp³-hybridized carbons (Fsp3) is 0.886. The molecule has 6 aliphatic heterocycles. The lowest BCUT2D eigenvalue weighted by molar-refractivity contribution is -0.157. The molecule has 2 aromatic heterocycles. The first-order valence-corrected chi connectivity index (χ1v) is 53.5. The largest absolute Gasteiger partial charge is 0.338 e. The number of carbonyl (C=O) groups excluding carboxylic acids is 6. The predicted molar refractivity (Wildman–Crippen MR) is 546 cm³/mol. The Morgan fingerprint density at radius 3 is 0.533 bits per heavy atom. The molecule has 2 aromatic rings. The van der Waals surface area contributed by atoms with Crippen molar-refractivity contribution >= 4 is 71.1 Å². The van der Waals surface area contributed by atoms with Crippen LogP contribution in [-0.2, 0) is 28.8 Å². The molecule has 12 fully saturated rings. The van der Waals surface area contributed by atoms with E-state index in [1.165, 1.54) is 38.5 Å². The summed E-state index contributed by atoms with van der Waals surface area (Å²) < 4.78 is 0. The number of likely N-dealkylation sites (N-methyl/N-ethyl adjacent to an activating group) is 3. The van der Waals surface area contributed by atoms with Crippen molar-refractivity contribution in [2.45, 2.75) is 462 Å². The first-order chi connectivity index (χ1) is 63.0. The average Bonchev–Trinajstić information content (AvgIpc) is 0.773. The summed E-state index contributed by atoms with van der Waals surface area (Å²) in [6, 6.07) is 1.40. The highest BCUT2D eigenvalue weighted by Crippen LogP contribution is 2.42. The van der Waals surface area contributed by atoms with Gasteiger partial charge in [0.25, 0.3) is 0 Å². The second kappa shape index (κ2) is 41.5. The highest BCUT2D eigenvalue weighted by molar-refractivity contribution is 5.90. The third kappa shape index (κ3) is 24.3. The number of anilines is 6. The van der Waals surface area contributed by atoms with Crippen molar-refractivity contribution < 1.29 is 28.8 Å². The number of nitrogens with zero attached hydrogens (tertiary/aromatic N) is 21. The molecule has 14 rings (SSSR count). The minimum absolute atomic E-state index is 0.122. The zero-order valence-corrected chi connectivity index (χ0v) is 89.7. The van der Waals surface area contributed by atoms with Gasteiger partial charge in [-0.1, -0.05) is 116 Å². The molecule has 8 heterocycles. The molecule has 0 spiro atoms. The van der Waals surface area contributed by atoms with Crippen LogP contribution in [0, 0.1) is 0 Å². The molecule has 762 valence electrons. The van der Waals surface area contributed by atoms with E-state index in [9.17, 15) is 28.8 Å². The van der Waals surface area contributed by atoms with E-state index in [0.717, 1.165) is 154 Å². The fourth-order valence-electron chi connectivity index (χ4n) is 26.4. The highest BCUT2D eigenvalue weighted by atomic mass is 16.2. The summed E-state index contributed by atoms with van der Waals surface area (Å²) in [5.41, 5.74) is -5.14. The second-order valence-electron chi connectivity index (χ2n) is 50.4. The molecule has 30 heteroatoms. The molecule has 0 bridgehead atoms. The van der Waals surface area contributed by atoms with Crippen molar-refractivity contribution in [3.8, 4) is 0 Å². The SMILES string of the molecule is CC1(C)CN(CCN(c2nc(N(CCN3CC(C)(C)NC(C)(C)C3=O)C3CCCCC3)nc(N(CCN3CC(C)(C)NC(C)(C)C3=O)C3CCCCC3)n2)C2CCCCC2)C(=O)C(C)(C)N1.CN1C(C)(C)CN(CCN(c2nc(N(CCN3CC(C)(C)N(C)C(C)(C)C3=O)C3CCCCC3)nc(N(CCN3CC(C)(C)N(C)C(C)(C)C3=O)C3CCCCC3)n2)C2CCCCC2)C(=O)C1(C)C. The second-order valence-corrected chi connectivity index (χ2v) is 50.4. The Kier molecular flexibility index (Phi) is 32.5. The van der Waals surface area contributed by atoms with Crippen molar-refractivity contribution in [3.63, 3.8) is 0 Å². The van der Waals surface area contributed by atoms with Crippen molar-refractivity contribution in [1.82, 2.24) is 90.0 Å². The van der Waals surface area contributed by atoms with Gasteiger partial charge in [0, 0.05) is 187 Å². The Bertz CT molecular complexity index is 3920. The monoisotopic (exact) mass is 1880 g/mol. The molecule has 6 saturated heterocycles. The summed E-state index contributed by atoms with van der Waals surface area (Å²) in [6.07, 6.45) is 33.8. The zero-order valence-electron chi connectivity index (χ0n) is 89.7. The van der Waals surface area contributed by atoms with Gasteiger partial charge >= 0.3 is 0 Å². The fourth-order valence-corrected chi connectivity index (χ4v) is 26.4. The van der Waals surface area contributed by atoms with E-state index in [1.807, 2.05) is 41.5 Å². The molecular weight excluding hydrogens is 1690 g/mol. The predicted octanol–water partition coefficient (Wildman–Crippen LogP) is 13.5. The lowest BCUT2D eigenvalue weighted by Gasteiger charge is -2.54.